The average Bonchev–Trinajstić information content (AvgIpc) is 3.33. The highest BCUT2D eigenvalue weighted by atomic mass is 16.6. The number of ether oxygens (including phenoxy) is 4. The molecule has 6 fully saturated rings. The van der Waals surface area contributed by atoms with Gasteiger partial charge in [-0.25, -0.2) is 9.78 Å². The van der Waals surface area contributed by atoms with Crippen molar-refractivity contribution in [2.75, 3.05) is 39.5 Å². The van der Waals surface area contributed by atoms with Crippen molar-refractivity contribution in [3.8, 4) is 5.75 Å². The summed E-state index contributed by atoms with van der Waals surface area (Å²) in [5.41, 5.74) is 6.23. The van der Waals surface area contributed by atoms with E-state index in [4.69, 9.17) is 24.7 Å². The molecule has 8 rings (SSSR count). The SMILES string of the molecule is CC(C)(C)OC(=O)NCC12CC(CO)(CCO1)C2.NCC12CC(COc3ccc4nccn4c3)(CCO1)C2. The third kappa shape index (κ3) is 5.64. The molecule has 2 aromatic rings. The number of carbonyl (C=O) groups excluding carboxylic acids is 1. The Balaban J connectivity index is 0.000000156. The number of fused-ring (bicyclic) bond motifs is 5. The van der Waals surface area contributed by atoms with Crippen LogP contribution in [0.1, 0.15) is 59.3 Å². The summed E-state index contributed by atoms with van der Waals surface area (Å²) < 4.78 is 24.7. The molecule has 0 atom stereocenters. The van der Waals surface area contributed by atoms with E-state index in [9.17, 15) is 9.90 Å². The van der Waals surface area contributed by atoms with Gasteiger partial charge in [0.25, 0.3) is 0 Å². The quantitative estimate of drug-likeness (QED) is 0.498. The first-order valence-electron chi connectivity index (χ1n) is 13.6. The molecule has 6 heterocycles. The van der Waals surface area contributed by atoms with E-state index in [1.54, 1.807) is 6.20 Å². The minimum absolute atomic E-state index is 0.0356. The van der Waals surface area contributed by atoms with Crippen molar-refractivity contribution in [2.45, 2.75) is 76.1 Å². The van der Waals surface area contributed by atoms with Crippen LogP contribution in [0.25, 0.3) is 5.65 Å². The Kier molecular flexibility index (Phi) is 7.13. The Bertz CT molecular complexity index is 1130. The number of nitrogens with two attached hydrogens (primary N) is 1. The number of rotatable bonds is 7. The average molecular weight is 531 g/mol. The summed E-state index contributed by atoms with van der Waals surface area (Å²) in [4.78, 5) is 15.8. The molecule has 1 amide bonds. The number of aromatic nitrogens is 2. The van der Waals surface area contributed by atoms with Gasteiger partial charge in [0.05, 0.1) is 24.0 Å². The summed E-state index contributed by atoms with van der Waals surface area (Å²) in [6.07, 6.45) is 11.0. The monoisotopic (exact) mass is 530 g/mol. The van der Waals surface area contributed by atoms with Crippen LogP contribution >= 0.6 is 0 Å². The van der Waals surface area contributed by atoms with E-state index in [0.717, 1.165) is 63.1 Å². The molecule has 4 bridgehead atoms. The Morgan fingerprint density at radius 3 is 2.50 bits per heavy atom. The molecule has 0 unspecified atom stereocenters. The van der Waals surface area contributed by atoms with Crippen LogP contribution in [0.2, 0.25) is 0 Å². The van der Waals surface area contributed by atoms with Gasteiger partial charge in [0.1, 0.15) is 17.0 Å². The van der Waals surface area contributed by atoms with Crippen LogP contribution in [-0.2, 0) is 14.2 Å². The number of carbonyl (C=O) groups is 1. The molecule has 2 saturated carbocycles. The van der Waals surface area contributed by atoms with E-state index in [1.165, 1.54) is 0 Å². The van der Waals surface area contributed by atoms with Crippen LogP contribution in [0.3, 0.4) is 0 Å². The molecule has 210 valence electrons. The van der Waals surface area contributed by atoms with E-state index in [2.05, 4.69) is 10.3 Å². The van der Waals surface area contributed by atoms with E-state index >= 15 is 0 Å². The van der Waals surface area contributed by atoms with Crippen molar-refractivity contribution < 1.29 is 28.8 Å². The van der Waals surface area contributed by atoms with Crippen LogP contribution in [0.15, 0.2) is 30.7 Å². The Morgan fingerprint density at radius 2 is 1.82 bits per heavy atom. The summed E-state index contributed by atoms with van der Waals surface area (Å²) >= 11 is 0. The standard InChI is InChI=1S/C15H19N3O2.C13H23NO4/c16-10-15-8-14(9-15,3-6-20-15)11-19-12-1-2-13-17-4-5-18(13)7-12;1-11(2,3)18-10(16)14-8-13-6-12(7-13,9-15)4-5-17-13/h1-2,4-5,7H,3,6,8-11,16H2;15H,4-9H2,1-3H3,(H,14,16). The fourth-order valence-corrected chi connectivity index (χ4v) is 6.67. The molecule has 6 aliphatic rings. The lowest BCUT2D eigenvalue weighted by molar-refractivity contribution is -0.232. The fraction of sp³-hybridized carbons (Fsp3) is 0.714. The second kappa shape index (κ2) is 9.97. The van der Waals surface area contributed by atoms with Gasteiger partial charge < -0.3 is 39.5 Å². The first kappa shape index (κ1) is 27.2. The molecule has 4 aliphatic heterocycles. The lowest BCUT2D eigenvalue weighted by Gasteiger charge is -2.59. The number of imidazole rings is 1. The van der Waals surface area contributed by atoms with Gasteiger partial charge in [-0.3, -0.25) is 0 Å². The fourth-order valence-electron chi connectivity index (χ4n) is 6.67. The number of amides is 1. The molecule has 0 aromatic carbocycles. The van der Waals surface area contributed by atoms with Crippen LogP contribution in [0.5, 0.6) is 5.75 Å². The lowest BCUT2D eigenvalue weighted by Crippen LogP contribution is -2.64. The Morgan fingerprint density at radius 1 is 1.13 bits per heavy atom. The second-order valence-corrected chi connectivity index (χ2v) is 12.8. The molecule has 10 nitrogen and oxygen atoms in total. The molecule has 2 aliphatic carbocycles. The van der Waals surface area contributed by atoms with E-state index < -0.39 is 11.7 Å². The number of nitrogens with one attached hydrogen (secondary N) is 1. The third-order valence-electron chi connectivity index (χ3n) is 8.44. The largest absolute Gasteiger partial charge is 0.491 e. The zero-order valence-corrected chi connectivity index (χ0v) is 22.8. The van der Waals surface area contributed by atoms with Crippen molar-refractivity contribution in [3.05, 3.63) is 30.7 Å². The molecule has 0 spiro atoms. The van der Waals surface area contributed by atoms with Crippen molar-refractivity contribution in [2.24, 2.45) is 16.6 Å². The van der Waals surface area contributed by atoms with Gasteiger partial charge in [0, 0.05) is 56.1 Å². The summed E-state index contributed by atoms with van der Waals surface area (Å²) in [5, 5.41) is 12.1. The molecular formula is C28H42N4O6. The minimum Gasteiger partial charge on any atom is -0.491 e. The molecule has 38 heavy (non-hydrogen) atoms. The first-order valence-corrected chi connectivity index (χ1v) is 13.6. The highest BCUT2D eigenvalue weighted by molar-refractivity contribution is 5.67. The summed E-state index contributed by atoms with van der Waals surface area (Å²) in [6.45, 7) is 9.02. The zero-order valence-electron chi connectivity index (χ0n) is 22.8. The number of nitrogens with zero attached hydrogens (tertiary/aromatic N) is 2. The molecule has 2 aromatic heterocycles. The molecule has 4 saturated heterocycles. The van der Waals surface area contributed by atoms with Crippen molar-refractivity contribution in [3.63, 3.8) is 0 Å². The maximum absolute atomic E-state index is 11.6. The zero-order chi connectivity index (χ0) is 27.1. The first-order chi connectivity index (χ1) is 18.0. The van der Waals surface area contributed by atoms with Gasteiger partial charge in [-0.05, 0) is 71.4 Å². The maximum atomic E-state index is 11.6. The Labute approximate surface area is 224 Å². The van der Waals surface area contributed by atoms with Crippen LogP contribution in [0.4, 0.5) is 4.79 Å². The van der Waals surface area contributed by atoms with Crippen molar-refractivity contribution in [1.82, 2.24) is 14.7 Å². The van der Waals surface area contributed by atoms with Crippen LogP contribution in [0, 0.1) is 10.8 Å². The van der Waals surface area contributed by atoms with E-state index in [1.807, 2.05) is 49.7 Å². The molecule has 4 N–H and O–H groups in total. The highest BCUT2D eigenvalue weighted by Crippen LogP contribution is 2.57. The van der Waals surface area contributed by atoms with Gasteiger partial charge in [0.2, 0.25) is 0 Å². The Hall–Kier alpha value is -2.40. The molecule has 0 radical (unpaired) electrons. The van der Waals surface area contributed by atoms with Gasteiger partial charge >= 0.3 is 6.09 Å². The highest BCUT2D eigenvalue weighted by Gasteiger charge is 2.59. The number of pyridine rings is 1. The smallest absolute Gasteiger partial charge is 0.407 e. The maximum Gasteiger partial charge on any atom is 0.407 e. The predicted octanol–water partition coefficient (Wildman–Crippen LogP) is 3.05. The third-order valence-corrected chi connectivity index (χ3v) is 8.44. The second-order valence-electron chi connectivity index (χ2n) is 12.8. The van der Waals surface area contributed by atoms with Crippen LogP contribution < -0.4 is 15.8 Å². The van der Waals surface area contributed by atoms with Crippen LogP contribution in [-0.4, -0.2) is 76.9 Å². The number of aliphatic hydroxyl groups excluding tert-OH is 1. The predicted molar refractivity (Wildman–Crippen MR) is 141 cm³/mol. The van der Waals surface area contributed by atoms with Gasteiger partial charge in [-0.2, -0.15) is 0 Å². The van der Waals surface area contributed by atoms with Crippen molar-refractivity contribution >= 4 is 11.7 Å². The number of aliphatic hydroxyl groups is 1. The normalized spacial score (nSPS) is 33.3. The van der Waals surface area contributed by atoms with Gasteiger partial charge in [-0.1, -0.05) is 0 Å². The lowest BCUT2D eigenvalue weighted by atomic mass is 9.56. The van der Waals surface area contributed by atoms with Gasteiger partial charge in [0.15, 0.2) is 0 Å². The number of hydrogen-bond acceptors (Lipinski definition) is 8. The van der Waals surface area contributed by atoms with E-state index in [-0.39, 0.29) is 28.6 Å². The topological polar surface area (TPSA) is 130 Å². The summed E-state index contributed by atoms with van der Waals surface area (Å²) in [7, 11) is 0. The van der Waals surface area contributed by atoms with E-state index in [0.29, 0.717) is 19.7 Å². The molecule has 10 heteroatoms. The number of hydrogen-bond donors (Lipinski definition) is 3. The summed E-state index contributed by atoms with van der Waals surface area (Å²) in [6, 6.07) is 3.95. The minimum atomic E-state index is -0.482. The molecular weight excluding hydrogens is 488 g/mol. The summed E-state index contributed by atoms with van der Waals surface area (Å²) in [5.74, 6) is 0.890. The van der Waals surface area contributed by atoms with Crippen molar-refractivity contribution in [1.29, 1.82) is 0 Å². The number of alkyl carbamates (subject to hydrolysis) is 1. The van der Waals surface area contributed by atoms with Gasteiger partial charge in [-0.15, -0.1) is 0 Å².